The van der Waals surface area contributed by atoms with Gasteiger partial charge >= 0.3 is 0 Å². The van der Waals surface area contributed by atoms with Crippen molar-refractivity contribution in [3.05, 3.63) is 29.3 Å². The molecule has 1 aliphatic rings. The van der Waals surface area contributed by atoms with Crippen LogP contribution in [-0.2, 0) is 4.74 Å². The standard InChI is InChI=1S/C12H13F2NO2/c1-8(16)9-6-10(13)12(11(14)7-9)15-2-4-17-5-3-15/h6-7H,2-5H2,1H3. The highest BCUT2D eigenvalue weighted by Gasteiger charge is 2.20. The molecule has 0 bridgehead atoms. The first kappa shape index (κ1) is 12.0. The van der Waals surface area contributed by atoms with Crippen LogP contribution in [0.4, 0.5) is 14.5 Å². The summed E-state index contributed by atoms with van der Waals surface area (Å²) in [6.45, 7) is 3.09. The highest BCUT2D eigenvalue weighted by molar-refractivity contribution is 5.94. The van der Waals surface area contributed by atoms with Gasteiger partial charge in [0, 0.05) is 18.7 Å². The largest absolute Gasteiger partial charge is 0.378 e. The normalized spacial score (nSPS) is 16.1. The maximum Gasteiger partial charge on any atom is 0.160 e. The third kappa shape index (κ3) is 2.44. The van der Waals surface area contributed by atoms with Crippen LogP contribution in [0.1, 0.15) is 17.3 Å². The van der Waals surface area contributed by atoms with Crippen molar-refractivity contribution < 1.29 is 18.3 Å². The summed E-state index contributed by atoms with van der Waals surface area (Å²) in [5.74, 6) is -1.74. The second-order valence-electron chi connectivity index (χ2n) is 3.94. The van der Waals surface area contributed by atoms with Crippen LogP contribution >= 0.6 is 0 Å². The van der Waals surface area contributed by atoms with Crippen LogP contribution in [-0.4, -0.2) is 32.1 Å². The zero-order valence-electron chi connectivity index (χ0n) is 9.50. The summed E-state index contributed by atoms with van der Waals surface area (Å²) in [4.78, 5) is 12.7. The van der Waals surface area contributed by atoms with Gasteiger partial charge < -0.3 is 9.64 Å². The number of benzene rings is 1. The number of ether oxygens (including phenoxy) is 1. The van der Waals surface area contributed by atoms with Crippen molar-refractivity contribution in [1.29, 1.82) is 0 Å². The smallest absolute Gasteiger partial charge is 0.160 e. The third-order valence-corrected chi connectivity index (χ3v) is 2.75. The van der Waals surface area contributed by atoms with E-state index in [9.17, 15) is 13.6 Å². The molecule has 5 heteroatoms. The first-order valence-corrected chi connectivity index (χ1v) is 5.42. The van der Waals surface area contributed by atoms with Crippen molar-refractivity contribution in [3.63, 3.8) is 0 Å². The summed E-state index contributed by atoms with van der Waals surface area (Å²) in [7, 11) is 0. The van der Waals surface area contributed by atoms with Gasteiger partial charge in [-0.05, 0) is 19.1 Å². The van der Waals surface area contributed by atoms with Crippen LogP contribution in [0, 0.1) is 11.6 Å². The molecule has 0 aliphatic carbocycles. The first-order valence-electron chi connectivity index (χ1n) is 5.42. The summed E-state index contributed by atoms with van der Waals surface area (Å²) < 4.78 is 32.7. The zero-order chi connectivity index (χ0) is 12.4. The third-order valence-electron chi connectivity index (χ3n) is 2.75. The van der Waals surface area contributed by atoms with E-state index in [0.29, 0.717) is 26.3 Å². The average Bonchev–Trinajstić information content (AvgIpc) is 2.29. The molecule has 0 amide bonds. The number of ketones is 1. The molecule has 92 valence electrons. The van der Waals surface area contributed by atoms with E-state index >= 15 is 0 Å². The van der Waals surface area contributed by atoms with E-state index < -0.39 is 11.6 Å². The number of anilines is 1. The molecule has 1 saturated heterocycles. The molecule has 0 saturated carbocycles. The van der Waals surface area contributed by atoms with E-state index in [1.807, 2.05) is 0 Å². The van der Waals surface area contributed by atoms with Gasteiger partial charge in [-0.15, -0.1) is 0 Å². The van der Waals surface area contributed by atoms with Crippen LogP contribution in [0.2, 0.25) is 0 Å². The second-order valence-corrected chi connectivity index (χ2v) is 3.94. The number of nitrogens with zero attached hydrogens (tertiary/aromatic N) is 1. The van der Waals surface area contributed by atoms with Crippen molar-refractivity contribution in [3.8, 4) is 0 Å². The molecule has 2 rings (SSSR count). The van der Waals surface area contributed by atoms with Gasteiger partial charge in [-0.1, -0.05) is 0 Å². The summed E-state index contributed by atoms with van der Waals surface area (Å²) in [6.07, 6.45) is 0. The van der Waals surface area contributed by atoms with Gasteiger partial charge in [0.15, 0.2) is 5.78 Å². The van der Waals surface area contributed by atoms with Crippen molar-refractivity contribution in [2.24, 2.45) is 0 Å². The number of morpholine rings is 1. The van der Waals surface area contributed by atoms with E-state index in [1.165, 1.54) is 6.92 Å². The number of carbonyl (C=O) groups is 1. The molecule has 0 N–H and O–H groups in total. The van der Waals surface area contributed by atoms with E-state index in [4.69, 9.17) is 4.74 Å². The molecule has 17 heavy (non-hydrogen) atoms. The minimum absolute atomic E-state index is 0.0528. The fourth-order valence-corrected chi connectivity index (χ4v) is 1.86. The minimum atomic E-state index is -0.697. The maximum absolute atomic E-state index is 13.8. The van der Waals surface area contributed by atoms with Crippen LogP contribution in [0.25, 0.3) is 0 Å². The average molecular weight is 241 g/mol. The Labute approximate surface area is 98.0 Å². The van der Waals surface area contributed by atoms with Gasteiger partial charge in [0.1, 0.15) is 17.3 Å². The Bertz CT molecular complexity index is 419. The van der Waals surface area contributed by atoms with Crippen molar-refractivity contribution in [2.45, 2.75) is 6.92 Å². The van der Waals surface area contributed by atoms with Crippen molar-refractivity contribution >= 4 is 11.5 Å². The first-order chi connectivity index (χ1) is 8.09. The Kier molecular flexibility index (Phi) is 3.38. The van der Waals surface area contributed by atoms with Crippen molar-refractivity contribution in [2.75, 3.05) is 31.2 Å². The molecule has 0 unspecified atom stereocenters. The predicted octanol–water partition coefficient (Wildman–Crippen LogP) is 2.00. The Morgan fingerprint density at radius 2 is 1.76 bits per heavy atom. The summed E-state index contributed by atoms with van der Waals surface area (Å²) >= 11 is 0. The fourth-order valence-electron chi connectivity index (χ4n) is 1.86. The highest BCUT2D eigenvalue weighted by Crippen LogP contribution is 2.25. The van der Waals surface area contributed by atoms with Crippen LogP contribution in [0.5, 0.6) is 0 Å². The van der Waals surface area contributed by atoms with Gasteiger partial charge in [0.05, 0.1) is 13.2 Å². The molecular weight excluding hydrogens is 228 g/mol. The lowest BCUT2D eigenvalue weighted by Crippen LogP contribution is -2.37. The molecule has 1 aromatic carbocycles. The van der Waals surface area contributed by atoms with Gasteiger partial charge in [-0.3, -0.25) is 4.79 Å². The number of hydrogen-bond donors (Lipinski definition) is 0. The predicted molar refractivity (Wildman–Crippen MR) is 59.4 cm³/mol. The number of Topliss-reactive ketones (excluding diaryl/α,β-unsaturated/α-hetero) is 1. The lowest BCUT2D eigenvalue weighted by atomic mass is 10.1. The number of hydrogen-bond acceptors (Lipinski definition) is 3. The van der Waals surface area contributed by atoms with Gasteiger partial charge in [-0.25, -0.2) is 8.78 Å². The Balaban J connectivity index is 2.37. The van der Waals surface area contributed by atoms with Crippen LogP contribution in [0.3, 0.4) is 0 Å². The van der Waals surface area contributed by atoms with Gasteiger partial charge in [0.25, 0.3) is 0 Å². The number of carbonyl (C=O) groups excluding carboxylic acids is 1. The van der Waals surface area contributed by atoms with E-state index in [0.717, 1.165) is 12.1 Å². The highest BCUT2D eigenvalue weighted by atomic mass is 19.1. The molecule has 1 heterocycles. The van der Waals surface area contributed by atoms with Crippen LogP contribution < -0.4 is 4.90 Å². The molecule has 1 aliphatic heterocycles. The Morgan fingerprint density at radius 3 is 2.24 bits per heavy atom. The molecule has 3 nitrogen and oxygen atoms in total. The van der Waals surface area contributed by atoms with E-state index in [1.54, 1.807) is 4.90 Å². The Morgan fingerprint density at radius 1 is 1.24 bits per heavy atom. The summed E-state index contributed by atoms with van der Waals surface area (Å²) in [6, 6.07) is 2.16. The maximum atomic E-state index is 13.8. The van der Waals surface area contributed by atoms with E-state index in [-0.39, 0.29) is 17.0 Å². The summed E-state index contributed by atoms with van der Waals surface area (Å²) in [5.41, 5.74) is -0.0182. The molecule has 0 radical (unpaired) electrons. The Hall–Kier alpha value is -1.49. The summed E-state index contributed by atoms with van der Waals surface area (Å²) in [5, 5.41) is 0. The fraction of sp³-hybridized carbons (Fsp3) is 0.417. The molecule has 1 aromatic rings. The van der Waals surface area contributed by atoms with Crippen LogP contribution in [0.15, 0.2) is 12.1 Å². The lowest BCUT2D eigenvalue weighted by molar-refractivity contribution is 0.101. The van der Waals surface area contributed by atoms with Gasteiger partial charge in [-0.2, -0.15) is 0 Å². The second kappa shape index (κ2) is 4.79. The zero-order valence-corrected chi connectivity index (χ0v) is 9.50. The van der Waals surface area contributed by atoms with Crippen molar-refractivity contribution in [1.82, 2.24) is 0 Å². The molecule has 1 fully saturated rings. The minimum Gasteiger partial charge on any atom is -0.378 e. The topological polar surface area (TPSA) is 29.5 Å². The van der Waals surface area contributed by atoms with Gasteiger partial charge in [0.2, 0.25) is 0 Å². The quantitative estimate of drug-likeness (QED) is 0.742. The number of halogens is 2. The lowest BCUT2D eigenvalue weighted by Gasteiger charge is -2.29. The molecule has 0 atom stereocenters. The monoisotopic (exact) mass is 241 g/mol. The SMILES string of the molecule is CC(=O)c1cc(F)c(N2CCOCC2)c(F)c1. The molecule has 0 spiro atoms. The van der Waals surface area contributed by atoms with E-state index in [2.05, 4.69) is 0 Å². The number of rotatable bonds is 2. The molecular formula is C12H13F2NO2. The molecule has 0 aromatic heterocycles.